The van der Waals surface area contributed by atoms with Gasteiger partial charge in [0.2, 0.25) is 11.8 Å². The van der Waals surface area contributed by atoms with E-state index in [1.54, 1.807) is 48.5 Å². The number of allylic oxidation sites excluding steroid dienone is 2. The maximum absolute atomic E-state index is 12.6. The topological polar surface area (TPSA) is 66.5 Å². The second-order valence-corrected chi connectivity index (χ2v) is 7.06. The lowest BCUT2D eigenvalue weighted by Gasteiger charge is -2.15. The van der Waals surface area contributed by atoms with Crippen LogP contribution in [0.25, 0.3) is 0 Å². The fraction of sp³-hybridized carbons (Fsp3) is 0.190. The molecule has 1 fully saturated rings. The Hall–Kier alpha value is -2.92. The molecule has 2 atom stereocenters. The number of nitrogens with one attached hydrogen (secondary N) is 1. The zero-order valence-corrected chi connectivity index (χ0v) is 15.1. The number of amides is 3. The molecule has 2 aliphatic rings. The quantitative estimate of drug-likeness (QED) is 0.645. The van der Waals surface area contributed by atoms with Crippen LogP contribution in [0.1, 0.15) is 23.2 Å². The van der Waals surface area contributed by atoms with E-state index in [4.69, 9.17) is 11.6 Å². The van der Waals surface area contributed by atoms with Gasteiger partial charge in [-0.15, -0.1) is 0 Å². The van der Waals surface area contributed by atoms with Crippen LogP contribution in [0.5, 0.6) is 0 Å². The van der Waals surface area contributed by atoms with Gasteiger partial charge in [-0.25, -0.2) is 0 Å². The van der Waals surface area contributed by atoms with Crippen LogP contribution in [-0.2, 0) is 9.59 Å². The molecule has 1 N–H and O–H groups in total. The van der Waals surface area contributed by atoms with E-state index >= 15 is 0 Å². The van der Waals surface area contributed by atoms with Gasteiger partial charge in [0.25, 0.3) is 5.91 Å². The fourth-order valence-corrected chi connectivity index (χ4v) is 3.76. The van der Waals surface area contributed by atoms with Gasteiger partial charge >= 0.3 is 0 Å². The lowest BCUT2D eigenvalue weighted by atomic mass is 9.85. The van der Waals surface area contributed by atoms with Crippen molar-refractivity contribution < 1.29 is 14.4 Å². The Morgan fingerprint density at radius 3 is 2.11 bits per heavy atom. The van der Waals surface area contributed by atoms with Crippen molar-refractivity contribution in [2.45, 2.75) is 12.8 Å². The van der Waals surface area contributed by atoms with Crippen molar-refractivity contribution in [3.63, 3.8) is 0 Å². The summed E-state index contributed by atoms with van der Waals surface area (Å²) in [6, 6.07) is 13.4. The molecule has 1 aliphatic carbocycles. The van der Waals surface area contributed by atoms with E-state index < -0.39 is 0 Å². The molecule has 3 amide bonds. The highest BCUT2D eigenvalue weighted by Gasteiger charge is 2.47. The maximum Gasteiger partial charge on any atom is 0.255 e. The Labute approximate surface area is 161 Å². The van der Waals surface area contributed by atoms with E-state index in [0.717, 1.165) is 0 Å². The normalized spacial score (nSPS) is 21.3. The summed E-state index contributed by atoms with van der Waals surface area (Å²) in [7, 11) is 0. The first kappa shape index (κ1) is 17.5. The molecule has 0 aromatic heterocycles. The van der Waals surface area contributed by atoms with E-state index in [2.05, 4.69) is 5.32 Å². The van der Waals surface area contributed by atoms with Crippen LogP contribution in [0.4, 0.5) is 11.4 Å². The van der Waals surface area contributed by atoms with E-state index in [1.165, 1.54) is 4.90 Å². The molecule has 2 aromatic rings. The van der Waals surface area contributed by atoms with E-state index in [1.807, 2.05) is 12.2 Å². The Morgan fingerprint density at radius 1 is 0.926 bits per heavy atom. The lowest BCUT2D eigenvalue weighted by molar-refractivity contribution is -0.122. The van der Waals surface area contributed by atoms with Crippen molar-refractivity contribution in [3.8, 4) is 0 Å². The van der Waals surface area contributed by atoms with Gasteiger partial charge in [-0.05, 0) is 49.2 Å². The minimum Gasteiger partial charge on any atom is -0.321 e. The van der Waals surface area contributed by atoms with Crippen molar-refractivity contribution in [2.24, 2.45) is 11.8 Å². The first-order valence-electron chi connectivity index (χ1n) is 8.75. The number of rotatable bonds is 3. The smallest absolute Gasteiger partial charge is 0.255 e. The molecule has 5 nitrogen and oxygen atoms in total. The van der Waals surface area contributed by atoms with Crippen LogP contribution in [-0.4, -0.2) is 17.7 Å². The maximum atomic E-state index is 12.6. The molecule has 4 rings (SSSR count). The van der Waals surface area contributed by atoms with E-state index in [9.17, 15) is 14.4 Å². The number of para-hydroxylation sites is 1. The van der Waals surface area contributed by atoms with Crippen LogP contribution in [0.2, 0.25) is 5.02 Å². The van der Waals surface area contributed by atoms with Gasteiger partial charge in [-0.1, -0.05) is 35.9 Å². The van der Waals surface area contributed by atoms with Gasteiger partial charge in [0, 0.05) is 5.56 Å². The minimum atomic E-state index is -0.313. The predicted molar refractivity (Wildman–Crippen MR) is 104 cm³/mol. The molecule has 0 bridgehead atoms. The number of benzene rings is 2. The molecule has 2 aromatic carbocycles. The molecule has 1 heterocycles. The van der Waals surface area contributed by atoms with Gasteiger partial charge in [-0.2, -0.15) is 0 Å². The first-order valence-corrected chi connectivity index (χ1v) is 9.13. The van der Waals surface area contributed by atoms with Crippen molar-refractivity contribution in [1.82, 2.24) is 0 Å². The third-order valence-corrected chi connectivity index (χ3v) is 5.35. The van der Waals surface area contributed by atoms with Crippen LogP contribution < -0.4 is 10.2 Å². The Morgan fingerprint density at radius 2 is 1.52 bits per heavy atom. The van der Waals surface area contributed by atoms with Crippen LogP contribution in [0.3, 0.4) is 0 Å². The Kier molecular flexibility index (Phi) is 4.54. The molecule has 27 heavy (non-hydrogen) atoms. The molecule has 2 unspecified atom stereocenters. The number of hydrogen-bond donors (Lipinski definition) is 1. The van der Waals surface area contributed by atoms with E-state index in [0.29, 0.717) is 34.8 Å². The molecule has 1 aliphatic heterocycles. The molecular weight excluding hydrogens is 364 g/mol. The van der Waals surface area contributed by atoms with Crippen molar-refractivity contribution >= 4 is 40.7 Å². The second kappa shape index (κ2) is 7.00. The van der Waals surface area contributed by atoms with Crippen LogP contribution >= 0.6 is 11.6 Å². The zero-order chi connectivity index (χ0) is 19.0. The molecule has 0 radical (unpaired) electrons. The van der Waals surface area contributed by atoms with Crippen molar-refractivity contribution in [3.05, 3.63) is 71.3 Å². The molecule has 136 valence electrons. The van der Waals surface area contributed by atoms with Gasteiger partial charge in [-0.3, -0.25) is 19.3 Å². The molecule has 1 saturated heterocycles. The molecular formula is C21H17ClN2O3. The summed E-state index contributed by atoms with van der Waals surface area (Å²) in [5.74, 6) is -1.19. The summed E-state index contributed by atoms with van der Waals surface area (Å²) >= 11 is 6.06. The SMILES string of the molecule is O=C(Nc1ccccc1Cl)c1ccc(N2C(=O)C3CC=CCC3C2=O)cc1. The third-order valence-electron chi connectivity index (χ3n) is 5.02. The predicted octanol–water partition coefficient (Wildman–Crippen LogP) is 4.05. The summed E-state index contributed by atoms with van der Waals surface area (Å²) in [6.07, 6.45) is 5.12. The highest BCUT2D eigenvalue weighted by molar-refractivity contribution is 6.33. The first-order chi connectivity index (χ1) is 13.1. The summed E-state index contributed by atoms with van der Waals surface area (Å²) in [4.78, 5) is 38.9. The van der Waals surface area contributed by atoms with Gasteiger partial charge < -0.3 is 5.32 Å². The van der Waals surface area contributed by atoms with E-state index in [-0.39, 0.29) is 29.6 Å². The summed E-state index contributed by atoms with van der Waals surface area (Å²) < 4.78 is 0. The van der Waals surface area contributed by atoms with Gasteiger partial charge in [0.15, 0.2) is 0 Å². The monoisotopic (exact) mass is 380 g/mol. The number of carbonyl (C=O) groups excluding carboxylic acids is 3. The van der Waals surface area contributed by atoms with Gasteiger partial charge in [0.05, 0.1) is 28.2 Å². The number of halogens is 1. The average molecular weight is 381 g/mol. The zero-order valence-electron chi connectivity index (χ0n) is 14.4. The van der Waals surface area contributed by atoms with Crippen LogP contribution in [0.15, 0.2) is 60.7 Å². The molecule has 0 saturated carbocycles. The minimum absolute atomic E-state index is 0.164. The van der Waals surface area contributed by atoms with Crippen LogP contribution in [0, 0.1) is 11.8 Å². The number of imide groups is 1. The Balaban J connectivity index is 1.52. The lowest BCUT2D eigenvalue weighted by Crippen LogP contribution is -2.30. The van der Waals surface area contributed by atoms with Crippen molar-refractivity contribution in [1.29, 1.82) is 0 Å². The number of fused-ring (bicyclic) bond motifs is 1. The summed E-state index contributed by atoms with van der Waals surface area (Å²) in [6.45, 7) is 0. The number of anilines is 2. The fourth-order valence-electron chi connectivity index (χ4n) is 3.57. The highest BCUT2D eigenvalue weighted by Crippen LogP contribution is 2.37. The number of hydrogen-bond acceptors (Lipinski definition) is 3. The number of nitrogens with zero attached hydrogens (tertiary/aromatic N) is 1. The number of carbonyl (C=O) groups is 3. The second-order valence-electron chi connectivity index (χ2n) is 6.65. The van der Waals surface area contributed by atoms with Gasteiger partial charge in [0.1, 0.15) is 0 Å². The molecule has 6 heteroatoms. The van der Waals surface area contributed by atoms with Crippen molar-refractivity contribution in [2.75, 3.05) is 10.2 Å². The highest BCUT2D eigenvalue weighted by atomic mass is 35.5. The summed E-state index contributed by atoms with van der Waals surface area (Å²) in [5, 5.41) is 3.20. The standard InChI is InChI=1S/C21H17ClN2O3/c22-17-7-3-4-8-18(17)23-19(25)13-9-11-14(12-10-13)24-20(26)15-5-1-2-6-16(15)21(24)27/h1-4,7-12,15-16H,5-6H2,(H,23,25). The average Bonchev–Trinajstić information content (AvgIpc) is 2.95. The largest absolute Gasteiger partial charge is 0.321 e. The Bertz CT molecular complexity index is 926. The molecule has 0 spiro atoms. The summed E-state index contributed by atoms with van der Waals surface area (Å²) in [5.41, 5.74) is 1.43. The third kappa shape index (κ3) is 3.15.